The van der Waals surface area contributed by atoms with Crippen molar-refractivity contribution in [2.24, 2.45) is 4.99 Å². The van der Waals surface area contributed by atoms with Gasteiger partial charge < -0.3 is 0 Å². The monoisotopic (exact) mass is 323 g/mol. The summed E-state index contributed by atoms with van der Waals surface area (Å²) in [6.07, 6.45) is 0.936. The highest BCUT2D eigenvalue weighted by atomic mass is 32.2. The lowest BCUT2D eigenvalue weighted by atomic mass is 10.3. The Bertz CT molecular complexity index is 559. The standard InChI is InChI=1S/C16H22FN3OS/c1-5-12(4)18-15-20(11(2)3)16(21)19(10-22-15)14-8-6-13(17)7-9-14/h6-9,11-12H,5,10H2,1-4H3. The zero-order chi connectivity index (χ0) is 16.3. The van der Waals surface area contributed by atoms with Crippen LogP contribution in [0.2, 0.25) is 0 Å². The average Bonchev–Trinajstić information content (AvgIpc) is 2.48. The first-order chi connectivity index (χ1) is 10.4. The highest BCUT2D eigenvalue weighted by molar-refractivity contribution is 8.14. The van der Waals surface area contributed by atoms with Crippen LogP contribution in [-0.2, 0) is 0 Å². The number of aliphatic imine (C=N–C) groups is 1. The van der Waals surface area contributed by atoms with Gasteiger partial charge in [-0.05, 0) is 51.5 Å². The van der Waals surface area contributed by atoms with Crippen LogP contribution in [-0.4, -0.2) is 34.1 Å². The number of benzene rings is 1. The van der Waals surface area contributed by atoms with E-state index in [0.29, 0.717) is 11.6 Å². The lowest BCUT2D eigenvalue weighted by molar-refractivity contribution is 0.220. The van der Waals surface area contributed by atoms with Crippen LogP contribution in [0.3, 0.4) is 0 Å². The van der Waals surface area contributed by atoms with Crippen LogP contribution >= 0.6 is 11.8 Å². The van der Waals surface area contributed by atoms with Crippen LogP contribution in [0.4, 0.5) is 14.9 Å². The van der Waals surface area contributed by atoms with Gasteiger partial charge in [-0.3, -0.25) is 14.8 Å². The van der Waals surface area contributed by atoms with Crippen molar-refractivity contribution >= 4 is 28.6 Å². The third-order valence-corrected chi connectivity index (χ3v) is 4.49. The van der Waals surface area contributed by atoms with Gasteiger partial charge in [0.2, 0.25) is 0 Å². The molecule has 1 aliphatic heterocycles. The quantitative estimate of drug-likeness (QED) is 0.827. The number of urea groups is 1. The first-order valence-corrected chi connectivity index (χ1v) is 8.49. The topological polar surface area (TPSA) is 35.9 Å². The van der Waals surface area contributed by atoms with Crippen LogP contribution in [0.1, 0.15) is 34.1 Å². The number of nitrogens with zero attached hydrogens (tertiary/aromatic N) is 3. The summed E-state index contributed by atoms with van der Waals surface area (Å²) in [5.74, 6) is 0.184. The minimum Gasteiger partial charge on any atom is -0.284 e. The minimum atomic E-state index is -0.305. The molecule has 6 heteroatoms. The lowest BCUT2D eigenvalue weighted by Crippen LogP contribution is -2.53. The molecule has 0 N–H and O–H groups in total. The van der Waals surface area contributed by atoms with E-state index in [1.54, 1.807) is 33.7 Å². The Morgan fingerprint density at radius 2 is 1.91 bits per heavy atom. The van der Waals surface area contributed by atoms with Crippen molar-refractivity contribution < 1.29 is 9.18 Å². The van der Waals surface area contributed by atoms with Gasteiger partial charge in [0, 0.05) is 17.8 Å². The van der Waals surface area contributed by atoms with E-state index in [0.717, 1.165) is 11.6 Å². The number of hydrogen-bond donors (Lipinski definition) is 0. The Balaban J connectivity index is 2.28. The van der Waals surface area contributed by atoms with Crippen LogP contribution < -0.4 is 4.90 Å². The number of carbonyl (C=O) groups is 1. The molecule has 1 aromatic carbocycles. The molecule has 2 amide bonds. The van der Waals surface area contributed by atoms with Crippen LogP contribution in [0.15, 0.2) is 29.3 Å². The number of thioether (sulfide) groups is 1. The van der Waals surface area contributed by atoms with Crippen LogP contribution in [0.5, 0.6) is 0 Å². The van der Waals surface area contributed by atoms with Crippen molar-refractivity contribution in [3.05, 3.63) is 30.1 Å². The minimum absolute atomic E-state index is 0.0195. The summed E-state index contributed by atoms with van der Waals surface area (Å²) in [6.45, 7) is 8.06. The molecule has 0 bridgehead atoms. The molecule has 22 heavy (non-hydrogen) atoms. The van der Waals surface area contributed by atoms with Gasteiger partial charge in [-0.1, -0.05) is 18.7 Å². The van der Waals surface area contributed by atoms with E-state index < -0.39 is 0 Å². The Kier molecular flexibility index (Phi) is 5.45. The maximum Gasteiger partial charge on any atom is 0.331 e. The Hall–Kier alpha value is -1.56. The van der Waals surface area contributed by atoms with Crippen LogP contribution in [0, 0.1) is 5.82 Å². The Labute approximate surface area is 135 Å². The predicted molar refractivity (Wildman–Crippen MR) is 90.9 cm³/mol. The van der Waals surface area contributed by atoms with Gasteiger partial charge in [0.05, 0.1) is 5.88 Å². The molecular formula is C16H22FN3OS. The van der Waals surface area contributed by atoms with E-state index in [-0.39, 0.29) is 23.9 Å². The normalized spacial score (nSPS) is 19.2. The molecule has 120 valence electrons. The Morgan fingerprint density at radius 3 is 2.45 bits per heavy atom. The summed E-state index contributed by atoms with van der Waals surface area (Å²) in [7, 11) is 0. The van der Waals surface area contributed by atoms with Gasteiger partial charge in [-0.2, -0.15) is 0 Å². The maximum absolute atomic E-state index is 13.1. The second-order valence-corrected chi connectivity index (χ2v) is 6.51. The molecular weight excluding hydrogens is 301 g/mol. The molecule has 1 atom stereocenters. The van der Waals surface area contributed by atoms with Crippen LogP contribution in [0.25, 0.3) is 0 Å². The second kappa shape index (κ2) is 7.13. The summed E-state index contributed by atoms with van der Waals surface area (Å²) in [6, 6.07) is 6.10. The van der Waals surface area contributed by atoms with E-state index in [4.69, 9.17) is 0 Å². The van der Waals surface area contributed by atoms with Gasteiger partial charge in [0.25, 0.3) is 0 Å². The highest BCUT2D eigenvalue weighted by Gasteiger charge is 2.34. The zero-order valence-electron chi connectivity index (χ0n) is 13.4. The largest absolute Gasteiger partial charge is 0.331 e. The summed E-state index contributed by atoms with van der Waals surface area (Å²) in [4.78, 5) is 20.8. The lowest BCUT2D eigenvalue weighted by Gasteiger charge is -2.38. The summed E-state index contributed by atoms with van der Waals surface area (Å²) >= 11 is 1.54. The molecule has 0 radical (unpaired) electrons. The van der Waals surface area contributed by atoms with E-state index in [1.165, 1.54) is 12.1 Å². The molecule has 0 spiro atoms. The average molecular weight is 323 g/mol. The SMILES string of the molecule is CCC(C)N=C1SCN(c2ccc(F)cc2)C(=O)N1C(C)C. The number of anilines is 1. The highest BCUT2D eigenvalue weighted by Crippen LogP contribution is 2.28. The molecule has 0 saturated carbocycles. The molecule has 0 aromatic heterocycles. The number of hydrogen-bond acceptors (Lipinski definition) is 3. The van der Waals surface area contributed by atoms with Crippen molar-refractivity contribution in [2.45, 2.75) is 46.2 Å². The molecule has 1 aromatic rings. The smallest absolute Gasteiger partial charge is 0.284 e. The molecule has 1 unspecified atom stereocenters. The van der Waals surface area contributed by atoms with Gasteiger partial charge in [0.1, 0.15) is 5.82 Å². The van der Waals surface area contributed by atoms with Crippen molar-refractivity contribution in [1.82, 2.24) is 4.90 Å². The number of halogens is 1. The molecule has 2 rings (SSSR count). The molecule has 1 saturated heterocycles. The fourth-order valence-corrected chi connectivity index (χ4v) is 3.27. The van der Waals surface area contributed by atoms with E-state index >= 15 is 0 Å². The molecule has 4 nitrogen and oxygen atoms in total. The molecule has 1 fully saturated rings. The predicted octanol–water partition coefficient (Wildman–Crippen LogP) is 4.32. The summed E-state index contributed by atoms with van der Waals surface area (Å²) < 4.78 is 13.1. The maximum atomic E-state index is 13.1. The zero-order valence-corrected chi connectivity index (χ0v) is 14.2. The van der Waals surface area contributed by atoms with Crippen molar-refractivity contribution in [1.29, 1.82) is 0 Å². The van der Waals surface area contributed by atoms with Gasteiger partial charge in [-0.25, -0.2) is 9.18 Å². The molecule has 1 heterocycles. The van der Waals surface area contributed by atoms with Gasteiger partial charge >= 0.3 is 6.03 Å². The Morgan fingerprint density at radius 1 is 1.27 bits per heavy atom. The third-order valence-electron chi connectivity index (χ3n) is 3.54. The third kappa shape index (κ3) is 3.61. The van der Waals surface area contributed by atoms with Crippen molar-refractivity contribution in [3.8, 4) is 0 Å². The summed E-state index contributed by atoms with van der Waals surface area (Å²) in [5.41, 5.74) is 0.701. The fourth-order valence-electron chi connectivity index (χ4n) is 2.09. The number of rotatable bonds is 4. The molecule has 1 aliphatic rings. The van der Waals surface area contributed by atoms with Gasteiger partial charge in [0.15, 0.2) is 5.17 Å². The van der Waals surface area contributed by atoms with E-state index in [1.807, 2.05) is 20.8 Å². The fraction of sp³-hybridized carbons (Fsp3) is 0.500. The summed E-state index contributed by atoms with van der Waals surface area (Å²) in [5, 5.41) is 0.771. The number of amidine groups is 1. The van der Waals surface area contributed by atoms with E-state index in [9.17, 15) is 9.18 Å². The van der Waals surface area contributed by atoms with Gasteiger partial charge in [-0.15, -0.1) is 0 Å². The number of carbonyl (C=O) groups excluding carboxylic acids is 1. The second-order valence-electron chi connectivity index (χ2n) is 5.59. The number of amides is 2. The van der Waals surface area contributed by atoms with Crippen molar-refractivity contribution in [2.75, 3.05) is 10.8 Å². The van der Waals surface area contributed by atoms with Crippen molar-refractivity contribution in [3.63, 3.8) is 0 Å². The first kappa shape index (κ1) is 16.8. The molecule has 0 aliphatic carbocycles. The van der Waals surface area contributed by atoms with E-state index in [2.05, 4.69) is 11.9 Å². The first-order valence-electron chi connectivity index (χ1n) is 7.51.